The molecule has 1 amide bonds. The zero-order chi connectivity index (χ0) is 20.8. The molecule has 0 radical (unpaired) electrons. The Morgan fingerprint density at radius 3 is 2.83 bits per heavy atom. The van der Waals surface area contributed by atoms with Gasteiger partial charge >= 0.3 is 0 Å². The zero-order valence-corrected chi connectivity index (χ0v) is 16.9. The van der Waals surface area contributed by atoms with Gasteiger partial charge in [-0.1, -0.05) is 0 Å². The van der Waals surface area contributed by atoms with Crippen LogP contribution in [0.1, 0.15) is 41.9 Å². The molecule has 9 heteroatoms. The third kappa shape index (κ3) is 5.11. The minimum Gasteiger partial charge on any atom is -0.474 e. The first kappa shape index (κ1) is 19.8. The van der Waals surface area contributed by atoms with Gasteiger partial charge in [0.05, 0.1) is 5.56 Å². The lowest BCUT2D eigenvalue weighted by atomic mass is 10.2. The van der Waals surface area contributed by atoms with Crippen LogP contribution in [0, 0.1) is 6.92 Å². The van der Waals surface area contributed by atoms with Crippen molar-refractivity contribution in [1.82, 2.24) is 30.0 Å². The van der Waals surface area contributed by atoms with Crippen LogP contribution in [0.15, 0.2) is 42.9 Å². The molecule has 3 aromatic rings. The molecule has 0 atom stereocenters. The zero-order valence-electron chi connectivity index (χ0n) is 16.9. The molecule has 0 spiro atoms. The highest BCUT2D eigenvalue weighted by Crippen LogP contribution is 2.22. The van der Waals surface area contributed by atoms with Crippen LogP contribution in [-0.2, 0) is 0 Å². The number of pyridine rings is 1. The number of hydrogen-bond donors (Lipinski definition) is 2. The van der Waals surface area contributed by atoms with Gasteiger partial charge in [-0.05, 0) is 44.7 Å². The Morgan fingerprint density at radius 1 is 1.23 bits per heavy atom. The lowest BCUT2D eigenvalue weighted by molar-refractivity contribution is 0.0954. The minimum atomic E-state index is -0.173. The number of carbonyl (C=O) groups excluding carboxylic acids is 1. The number of anilines is 1. The number of ether oxygens (including phenoxy) is 1. The molecular weight excluding hydrogens is 382 g/mol. The molecule has 1 saturated carbocycles. The highest BCUT2D eigenvalue weighted by Gasteiger charge is 2.17. The number of amides is 1. The maximum Gasteiger partial charge on any atom is 0.252 e. The lowest BCUT2D eigenvalue weighted by Gasteiger charge is -2.12. The first-order valence-electron chi connectivity index (χ1n) is 10.2. The maximum atomic E-state index is 12.3. The van der Waals surface area contributed by atoms with E-state index < -0.39 is 0 Å². The second-order valence-corrected chi connectivity index (χ2v) is 7.20. The van der Waals surface area contributed by atoms with E-state index in [0.29, 0.717) is 42.0 Å². The molecule has 0 unspecified atom stereocenters. The summed E-state index contributed by atoms with van der Waals surface area (Å²) in [6.45, 7) is 2.80. The first-order chi connectivity index (χ1) is 14.7. The highest BCUT2D eigenvalue weighted by atomic mass is 16.5. The SMILES string of the molecule is Cc1nc(NCCNC(=O)c2ccc(OC3CCCC3)nc2)cc(-n2cccn2)n1. The molecule has 4 rings (SSSR count). The summed E-state index contributed by atoms with van der Waals surface area (Å²) in [6.07, 6.45) is 9.89. The fourth-order valence-corrected chi connectivity index (χ4v) is 3.39. The predicted octanol–water partition coefficient (Wildman–Crippen LogP) is 2.53. The van der Waals surface area contributed by atoms with E-state index in [-0.39, 0.29) is 12.0 Å². The molecule has 3 aromatic heterocycles. The van der Waals surface area contributed by atoms with Crippen molar-refractivity contribution in [3.8, 4) is 11.7 Å². The molecule has 9 nitrogen and oxygen atoms in total. The van der Waals surface area contributed by atoms with Gasteiger partial charge in [0.25, 0.3) is 5.91 Å². The fraction of sp³-hybridized carbons (Fsp3) is 0.381. The molecule has 156 valence electrons. The van der Waals surface area contributed by atoms with E-state index in [9.17, 15) is 4.79 Å². The van der Waals surface area contributed by atoms with E-state index in [0.717, 1.165) is 12.8 Å². The Kier molecular flexibility index (Phi) is 6.17. The average Bonchev–Trinajstić information content (AvgIpc) is 3.45. The van der Waals surface area contributed by atoms with Crippen molar-refractivity contribution in [2.24, 2.45) is 0 Å². The number of nitrogens with one attached hydrogen (secondary N) is 2. The molecule has 1 aliphatic rings. The number of hydrogen-bond acceptors (Lipinski definition) is 7. The van der Waals surface area contributed by atoms with Crippen molar-refractivity contribution >= 4 is 11.7 Å². The lowest BCUT2D eigenvalue weighted by Crippen LogP contribution is -2.29. The minimum absolute atomic E-state index is 0.173. The van der Waals surface area contributed by atoms with Gasteiger partial charge in [-0.25, -0.2) is 19.6 Å². The Hall–Kier alpha value is -3.49. The number of aromatic nitrogens is 5. The van der Waals surface area contributed by atoms with Gasteiger partial charge < -0.3 is 15.4 Å². The summed E-state index contributed by atoms with van der Waals surface area (Å²) in [5, 5.41) is 10.3. The van der Waals surface area contributed by atoms with Crippen molar-refractivity contribution < 1.29 is 9.53 Å². The Morgan fingerprint density at radius 2 is 2.10 bits per heavy atom. The quantitative estimate of drug-likeness (QED) is 0.553. The van der Waals surface area contributed by atoms with Crippen LogP contribution in [0.2, 0.25) is 0 Å². The molecule has 0 aromatic carbocycles. The van der Waals surface area contributed by atoms with Gasteiger partial charge in [0.1, 0.15) is 17.7 Å². The molecule has 0 aliphatic heterocycles. The molecule has 1 aliphatic carbocycles. The number of nitrogens with zero attached hydrogens (tertiary/aromatic N) is 5. The van der Waals surface area contributed by atoms with E-state index in [1.807, 2.05) is 25.3 Å². The summed E-state index contributed by atoms with van der Waals surface area (Å²) in [7, 11) is 0. The molecule has 0 bridgehead atoms. The van der Waals surface area contributed by atoms with Crippen LogP contribution in [-0.4, -0.2) is 49.8 Å². The fourth-order valence-electron chi connectivity index (χ4n) is 3.39. The van der Waals surface area contributed by atoms with Crippen molar-refractivity contribution in [3.05, 3.63) is 54.2 Å². The standard InChI is InChI=1S/C21H25N7O2/c1-15-26-18(13-19(27-15)28-12-4-9-25-28)22-10-11-23-21(29)16-7-8-20(24-14-16)30-17-5-2-3-6-17/h4,7-9,12-14,17H,2-3,5-6,10-11H2,1H3,(H,23,29)(H,22,26,27). The summed E-state index contributed by atoms with van der Waals surface area (Å²) in [6, 6.07) is 7.15. The summed E-state index contributed by atoms with van der Waals surface area (Å²) in [5.74, 6) is 2.41. The van der Waals surface area contributed by atoms with Crippen molar-refractivity contribution in [2.45, 2.75) is 38.7 Å². The van der Waals surface area contributed by atoms with Crippen molar-refractivity contribution in [3.63, 3.8) is 0 Å². The summed E-state index contributed by atoms with van der Waals surface area (Å²) in [5.41, 5.74) is 0.507. The van der Waals surface area contributed by atoms with Crippen LogP contribution in [0.3, 0.4) is 0 Å². The van der Waals surface area contributed by atoms with E-state index >= 15 is 0 Å². The van der Waals surface area contributed by atoms with Gasteiger partial charge in [0, 0.05) is 43.8 Å². The van der Waals surface area contributed by atoms with Crippen LogP contribution in [0.4, 0.5) is 5.82 Å². The second kappa shape index (κ2) is 9.34. The molecule has 2 N–H and O–H groups in total. The van der Waals surface area contributed by atoms with Gasteiger partial charge in [0.15, 0.2) is 5.82 Å². The highest BCUT2D eigenvalue weighted by molar-refractivity contribution is 5.93. The third-order valence-electron chi connectivity index (χ3n) is 4.87. The van der Waals surface area contributed by atoms with Crippen LogP contribution < -0.4 is 15.4 Å². The van der Waals surface area contributed by atoms with Crippen LogP contribution in [0.5, 0.6) is 5.88 Å². The number of rotatable bonds is 8. The maximum absolute atomic E-state index is 12.3. The monoisotopic (exact) mass is 407 g/mol. The molecule has 0 saturated heterocycles. The van der Waals surface area contributed by atoms with E-state index in [2.05, 4.69) is 30.7 Å². The number of carbonyl (C=O) groups is 1. The van der Waals surface area contributed by atoms with Gasteiger partial charge in [0.2, 0.25) is 5.88 Å². The molecule has 3 heterocycles. The average molecular weight is 407 g/mol. The van der Waals surface area contributed by atoms with Gasteiger partial charge in [-0.3, -0.25) is 4.79 Å². The molecule has 30 heavy (non-hydrogen) atoms. The van der Waals surface area contributed by atoms with Gasteiger partial charge in [-0.2, -0.15) is 5.10 Å². The third-order valence-corrected chi connectivity index (χ3v) is 4.87. The van der Waals surface area contributed by atoms with Crippen LogP contribution in [0.25, 0.3) is 5.82 Å². The largest absolute Gasteiger partial charge is 0.474 e. The summed E-state index contributed by atoms with van der Waals surface area (Å²) in [4.78, 5) is 25.3. The Balaban J connectivity index is 1.25. The summed E-state index contributed by atoms with van der Waals surface area (Å²) < 4.78 is 7.51. The topological polar surface area (TPSA) is 107 Å². The number of aryl methyl sites for hydroxylation is 1. The first-order valence-corrected chi connectivity index (χ1v) is 10.2. The Bertz CT molecular complexity index is 968. The van der Waals surface area contributed by atoms with Crippen LogP contribution >= 0.6 is 0 Å². The van der Waals surface area contributed by atoms with E-state index in [4.69, 9.17) is 4.74 Å². The smallest absolute Gasteiger partial charge is 0.252 e. The second-order valence-electron chi connectivity index (χ2n) is 7.20. The predicted molar refractivity (Wildman–Crippen MR) is 112 cm³/mol. The van der Waals surface area contributed by atoms with Gasteiger partial charge in [-0.15, -0.1) is 0 Å². The molecular formula is C21H25N7O2. The normalized spacial score (nSPS) is 13.9. The van der Waals surface area contributed by atoms with Crippen molar-refractivity contribution in [1.29, 1.82) is 0 Å². The van der Waals surface area contributed by atoms with Crippen molar-refractivity contribution in [2.75, 3.05) is 18.4 Å². The van der Waals surface area contributed by atoms with E-state index in [1.54, 1.807) is 29.2 Å². The Labute approximate surface area is 174 Å². The molecule has 1 fully saturated rings. The summed E-state index contributed by atoms with van der Waals surface area (Å²) >= 11 is 0. The van der Waals surface area contributed by atoms with E-state index in [1.165, 1.54) is 12.8 Å².